The van der Waals surface area contributed by atoms with Crippen LogP contribution in [-0.4, -0.2) is 20.2 Å². The van der Waals surface area contributed by atoms with Gasteiger partial charge in [0.25, 0.3) is 0 Å². The van der Waals surface area contributed by atoms with Gasteiger partial charge in [-0.3, -0.25) is 0 Å². The van der Waals surface area contributed by atoms with Gasteiger partial charge in [0.1, 0.15) is 5.75 Å². The van der Waals surface area contributed by atoms with E-state index in [0.29, 0.717) is 5.92 Å². The fourth-order valence-electron chi connectivity index (χ4n) is 1.84. The highest BCUT2D eigenvalue weighted by Gasteiger charge is 2.07. The normalized spacial score (nSPS) is 12.4. The molecule has 0 heterocycles. The van der Waals surface area contributed by atoms with Crippen LogP contribution in [0.3, 0.4) is 0 Å². The first kappa shape index (κ1) is 13.0. The summed E-state index contributed by atoms with van der Waals surface area (Å²) in [5, 5.41) is 3.45. The van der Waals surface area contributed by atoms with Crippen molar-refractivity contribution in [3.8, 4) is 5.75 Å². The lowest BCUT2D eigenvalue weighted by Crippen LogP contribution is -2.23. The van der Waals surface area contributed by atoms with Crippen LogP contribution in [0.25, 0.3) is 0 Å². The van der Waals surface area contributed by atoms with E-state index in [9.17, 15) is 0 Å². The molecule has 0 bridgehead atoms. The van der Waals surface area contributed by atoms with Crippen molar-refractivity contribution < 1.29 is 4.74 Å². The molecule has 0 saturated carbocycles. The second-order valence-electron chi connectivity index (χ2n) is 4.33. The van der Waals surface area contributed by atoms with Crippen LogP contribution in [0.15, 0.2) is 24.3 Å². The van der Waals surface area contributed by atoms with Gasteiger partial charge in [-0.1, -0.05) is 32.0 Å². The number of para-hydroxylation sites is 1. The third kappa shape index (κ3) is 4.23. The van der Waals surface area contributed by atoms with E-state index in [4.69, 9.17) is 4.74 Å². The maximum absolute atomic E-state index is 5.35. The minimum atomic E-state index is 0.642. The summed E-state index contributed by atoms with van der Waals surface area (Å²) >= 11 is 0. The van der Waals surface area contributed by atoms with E-state index in [1.54, 1.807) is 7.11 Å². The summed E-state index contributed by atoms with van der Waals surface area (Å²) in [5.41, 5.74) is 1.30. The van der Waals surface area contributed by atoms with Gasteiger partial charge in [0, 0.05) is 0 Å². The number of ether oxygens (including phenoxy) is 1. The molecule has 0 aliphatic carbocycles. The summed E-state index contributed by atoms with van der Waals surface area (Å²) in [6.45, 7) is 6.65. The summed E-state index contributed by atoms with van der Waals surface area (Å²) in [7, 11) is 1.73. The Balaban J connectivity index is 2.45. The number of hydrogen-bond donors (Lipinski definition) is 1. The summed E-state index contributed by atoms with van der Waals surface area (Å²) in [6.07, 6.45) is 2.27. The molecule has 0 aliphatic heterocycles. The van der Waals surface area contributed by atoms with Gasteiger partial charge < -0.3 is 10.1 Å². The second-order valence-corrected chi connectivity index (χ2v) is 4.33. The van der Waals surface area contributed by atoms with Crippen LogP contribution in [-0.2, 0) is 6.42 Å². The Morgan fingerprint density at radius 2 is 2.06 bits per heavy atom. The van der Waals surface area contributed by atoms with Crippen LogP contribution in [0.4, 0.5) is 0 Å². The molecule has 1 aromatic rings. The highest BCUT2D eigenvalue weighted by molar-refractivity contribution is 5.33. The van der Waals surface area contributed by atoms with Gasteiger partial charge >= 0.3 is 0 Å². The Morgan fingerprint density at radius 3 is 2.75 bits per heavy atom. The van der Waals surface area contributed by atoms with E-state index in [2.05, 4.69) is 31.3 Å². The molecular formula is C14H23NO. The summed E-state index contributed by atoms with van der Waals surface area (Å²) in [5.74, 6) is 1.65. The molecule has 1 unspecified atom stereocenters. The predicted molar refractivity (Wildman–Crippen MR) is 69.0 cm³/mol. The van der Waals surface area contributed by atoms with Crippen molar-refractivity contribution in [3.05, 3.63) is 29.8 Å². The van der Waals surface area contributed by atoms with Crippen molar-refractivity contribution >= 4 is 0 Å². The van der Waals surface area contributed by atoms with E-state index in [0.717, 1.165) is 25.3 Å². The van der Waals surface area contributed by atoms with Crippen LogP contribution in [0.2, 0.25) is 0 Å². The molecule has 1 N–H and O–H groups in total. The zero-order valence-electron chi connectivity index (χ0n) is 10.6. The van der Waals surface area contributed by atoms with E-state index in [1.807, 2.05) is 12.1 Å². The average Bonchev–Trinajstić information content (AvgIpc) is 2.30. The third-order valence-corrected chi connectivity index (χ3v) is 2.68. The molecule has 2 heteroatoms. The van der Waals surface area contributed by atoms with Crippen molar-refractivity contribution in [1.82, 2.24) is 5.32 Å². The molecule has 0 aliphatic rings. The van der Waals surface area contributed by atoms with Gasteiger partial charge in [0.15, 0.2) is 0 Å². The van der Waals surface area contributed by atoms with E-state index in [-0.39, 0.29) is 0 Å². The van der Waals surface area contributed by atoms with Crippen molar-refractivity contribution in [2.45, 2.75) is 26.7 Å². The Kier molecular flexibility index (Phi) is 5.94. The summed E-state index contributed by atoms with van der Waals surface area (Å²) in [6, 6.07) is 8.27. The van der Waals surface area contributed by atoms with E-state index in [1.165, 1.54) is 12.0 Å². The smallest absolute Gasteiger partial charge is 0.122 e. The molecule has 1 aromatic carbocycles. The molecule has 1 atom stereocenters. The largest absolute Gasteiger partial charge is 0.496 e. The van der Waals surface area contributed by atoms with E-state index >= 15 is 0 Å². The van der Waals surface area contributed by atoms with Crippen LogP contribution in [0, 0.1) is 5.92 Å². The van der Waals surface area contributed by atoms with Crippen LogP contribution in [0.5, 0.6) is 5.75 Å². The Morgan fingerprint density at radius 1 is 1.31 bits per heavy atom. The number of nitrogens with one attached hydrogen (secondary N) is 1. The minimum absolute atomic E-state index is 0.642. The lowest BCUT2D eigenvalue weighted by molar-refractivity contribution is 0.404. The van der Waals surface area contributed by atoms with Gasteiger partial charge in [-0.15, -0.1) is 0 Å². The Labute approximate surface area is 99.0 Å². The Bertz CT molecular complexity index is 299. The standard InChI is InChI=1S/C14H23NO/c1-4-9-15-11-12(2)10-13-7-5-6-8-14(13)16-3/h5-8,12,15H,4,9-11H2,1-3H3. The van der Waals surface area contributed by atoms with Crippen molar-refractivity contribution in [2.24, 2.45) is 5.92 Å². The quantitative estimate of drug-likeness (QED) is 0.715. The van der Waals surface area contributed by atoms with Gasteiger partial charge in [-0.25, -0.2) is 0 Å². The van der Waals surface area contributed by atoms with Gasteiger partial charge in [-0.2, -0.15) is 0 Å². The number of benzene rings is 1. The first-order valence-electron chi connectivity index (χ1n) is 6.10. The maximum atomic E-state index is 5.35. The van der Waals surface area contributed by atoms with Gasteiger partial charge in [-0.05, 0) is 43.5 Å². The zero-order valence-corrected chi connectivity index (χ0v) is 10.6. The third-order valence-electron chi connectivity index (χ3n) is 2.68. The molecule has 90 valence electrons. The summed E-state index contributed by atoms with van der Waals surface area (Å²) in [4.78, 5) is 0. The molecular weight excluding hydrogens is 198 g/mol. The lowest BCUT2D eigenvalue weighted by Gasteiger charge is -2.14. The number of methoxy groups -OCH3 is 1. The number of rotatable bonds is 7. The molecule has 0 fully saturated rings. The van der Waals surface area contributed by atoms with Gasteiger partial charge in [0.2, 0.25) is 0 Å². The molecule has 0 spiro atoms. The molecule has 0 aromatic heterocycles. The number of hydrogen-bond acceptors (Lipinski definition) is 2. The molecule has 1 rings (SSSR count). The first-order valence-corrected chi connectivity index (χ1v) is 6.10. The van der Waals surface area contributed by atoms with Crippen LogP contribution < -0.4 is 10.1 Å². The van der Waals surface area contributed by atoms with Crippen LogP contribution in [0.1, 0.15) is 25.8 Å². The fraction of sp³-hybridized carbons (Fsp3) is 0.571. The average molecular weight is 221 g/mol. The first-order chi connectivity index (χ1) is 7.77. The molecule has 0 radical (unpaired) electrons. The molecule has 2 nitrogen and oxygen atoms in total. The van der Waals surface area contributed by atoms with Gasteiger partial charge in [0.05, 0.1) is 7.11 Å². The zero-order chi connectivity index (χ0) is 11.8. The predicted octanol–water partition coefficient (Wildman–Crippen LogP) is 2.87. The topological polar surface area (TPSA) is 21.3 Å². The van der Waals surface area contributed by atoms with E-state index < -0.39 is 0 Å². The lowest BCUT2D eigenvalue weighted by atomic mass is 10.0. The minimum Gasteiger partial charge on any atom is -0.496 e. The van der Waals surface area contributed by atoms with Crippen molar-refractivity contribution in [3.63, 3.8) is 0 Å². The monoisotopic (exact) mass is 221 g/mol. The highest BCUT2D eigenvalue weighted by Crippen LogP contribution is 2.20. The molecule has 16 heavy (non-hydrogen) atoms. The Hall–Kier alpha value is -1.02. The van der Waals surface area contributed by atoms with Crippen LogP contribution >= 0.6 is 0 Å². The summed E-state index contributed by atoms with van der Waals surface area (Å²) < 4.78 is 5.35. The molecule has 0 saturated heterocycles. The highest BCUT2D eigenvalue weighted by atomic mass is 16.5. The SMILES string of the molecule is CCCNCC(C)Cc1ccccc1OC. The second kappa shape index (κ2) is 7.29. The van der Waals surface area contributed by atoms with Crippen molar-refractivity contribution in [2.75, 3.05) is 20.2 Å². The fourth-order valence-corrected chi connectivity index (χ4v) is 1.84. The van der Waals surface area contributed by atoms with Crippen molar-refractivity contribution in [1.29, 1.82) is 0 Å². The molecule has 0 amide bonds. The maximum Gasteiger partial charge on any atom is 0.122 e.